The molecular formula is C61H118Na2O7S. The third-order valence-electron chi connectivity index (χ3n) is 15.7. The van der Waals surface area contributed by atoms with Gasteiger partial charge in [-0.2, -0.15) is 8.42 Å². The fourth-order valence-corrected chi connectivity index (χ4v) is 12.3. The van der Waals surface area contributed by atoms with E-state index in [-0.39, 0.29) is 78.4 Å². The zero-order valence-electron chi connectivity index (χ0n) is 48.3. The van der Waals surface area contributed by atoms with Gasteiger partial charge in [-0.3, -0.25) is 4.55 Å². The summed E-state index contributed by atoms with van der Waals surface area (Å²) in [5.41, 5.74) is 0. The van der Waals surface area contributed by atoms with Gasteiger partial charge in [-0.05, 0) is 25.2 Å². The van der Waals surface area contributed by atoms with Crippen LogP contribution in [0.1, 0.15) is 367 Å². The average Bonchev–Trinajstić information content (AvgIpc) is 3.31. The van der Waals surface area contributed by atoms with E-state index < -0.39 is 39.1 Å². The number of aliphatic carboxylic acids is 2. The van der Waals surface area contributed by atoms with Crippen molar-refractivity contribution in [2.24, 2.45) is 5.92 Å². The molecule has 71 heavy (non-hydrogen) atoms. The molecule has 0 aliphatic carbocycles. The molecular weight excluding hydrogens is 923 g/mol. The quantitative estimate of drug-likeness (QED) is 0.0364. The van der Waals surface area contributed by atoms with E-state index in [4.69, 9.17) is 0 Å². The molecule has 0 spiro atoms. The van der Waals surface area contributed by atoms with Gasteiger partial charge in [0.1, 0.15) is 4.75 Å². The Hall–Kier alpha value is 0.850. The maximum Gasteiger partial charge on any atom is 1.00 e. The van der Waals surface area contributed by atoms with Gasteiger partial charge in [0, 0.05) is 5.97 Å². The molecule has 0 bridgehead atoms. The van der Waals surface area contributed by atoms with Crippen LogP contribution >= 0.6 is 0 Å². The maximum absolute atomic E-state index is 12.8. The molecule has 0 radical (unpaired) electrons. The monoisotopic (exact) mass is 1040 g/mol. The van der Waals surface area contributed by atoms with Crippen LogP contribution in [0.4, 0.5) is 0 Å². The molecule has 2 atom stereocenters. The molecule has 0 rings (SSSR count). The summed E-state index contributed by atoms with van der Waals surface area (Å²) >= 11 is 0. The number of rotatable bonds is 59. The van der Waals surface area contributed by atoms with Gasteiger partial charge < -0.3 is 19.8 Å². The van der Waals surface area contributed by atoms with Gasteiger partial charge >= 0.3 is 59.1 Å². The number of hydrogen-bond donors (Lipinski definition) is 1. The number of carboxylic acids is 2. The number of carbonyl (C=O) groups excluding carboxylic acids is 2. The van der Waals surface area contributed by atoms with Crippen molar-refractivity contribution in [2.45, 2.75) is 372 Å². The molecule has 0 aromatic carbocycles. The maximum atomic E-state index is 12.8. The van der Waals surface area contributed by atoms with Crippen molar-refractivity contribution in [3.05, 3.63) is 0 Å². The molecule has 1 N–H and O–H groups in total. The summed E-state index contributed by atoms with van der Waals surface area (Å²) in [4.78, 5) is 24.3. The molecule has 0 aliphatic heterocycles. The van der Waals surface area contributed by atoms with Gasteiger partial charge in [0.15, 0.2) is 0 Å². The molecule has 0 saturated carbocycles. The van der Waals surface area contributed by atoms with Gasteiger partial charge in [0.25, 0.3) is 10.1 Å². The van der Waals surface area contributed by atoms with Gasteiger partial charge in [0.05, 0.1) is 5.97 Å². The van der Waals surface area contributed by atoms with Gasteiger partial charge in [-0.15, -0.1) is 0 Å². The Morgan fingerprint density at radius 3 is 0.704 bits per heavy atom. The molecule has 0 aromatic heterocycles. The minimum Gasteiger partial charge on any atom is -0.550 e. The zero-order valence-corrected chi connectivity index (χ0v) is 53.1. The van der Waals surface area contributed by atoms with Crippen molar-refractivity contribution >= 4 is 22.1 Å². The van der Waals surface area contributed by atoms with E-state index in [0.29, 0.717) is 12.8 Å². The van der Waals surface area contributed by atoms with Gasteiger partial charge in [-0.25, -0.2) is 0 Å². The number of unbranched alkanes of at least 4 members (excludes halogenated alkanes) is 50. The Morgan fingerprint density at radius 1 is 0.352 bits per heavy atom. The van der Waals surface area contributed by atoms with E-state index in [1.807, 2.05) is 0 Å². The van der Waals surface area contributed by atoms with Crippen LogP contribution in [0.5, 0.6) is 0 Å². The Balaban J connectivity index is -0.0000231. The van der Waals surface area contributed by atoms with Crippen molar-refractivity contribution < 1.29 is 91.9 Å². The van der Waals surface area contributed by atoms with Crippen LogP contribution in [-0.4, -0.2) is 29.7 Å². The normalized spacial score (nSPS) is 12.9. The third-order valence-corrected chi connectivity index (χ3v) is 17.3. The van der Waals surface area contributed by atoms with Crippen LogP contribution < -0.4 is 69.3 Å². The Morgan fingerprint density at radius 2 is 0.535 bits per heavy atom. The molecule has 10 heteroatoms. The summed E-state index contributed by atoms with van der Waals surface area (Å²) in [6.45, 7) is 4.57. The molecule has 0 aliphatic rings. The van der Waals surface area contributed by atoms with Crippen molar-refractivity contribution in [1.29, 1.82) is 0 Å². The predicted octanol–water partition coefficient (Wildman–Crippen LogP) is 12.2. The number of hydrogen-bond acceptors (Lipinski definition) is 6. The van der Waals surface area contributed by atoms with Crippen molar-refractivity contribution in [1.82, 2.24) is 0 Å². The molecule has 0 amide bonds. The molecule has 2 unspecified atom stereocenters. The topological polar surface area (TPSA) is 135 Å². The first-order valence-electron chi connectivity index (χ1n) is 31.0. The van der Waals surface area contributed by atoms with E-state index in [2.05, 4.69) is 13.8 Å². The first-order valence-corrected chi connectivity index (χ1v) is 32.5. The molecule has 0 saturated heterocycles. The zero-order chi connectivity index (χ0) is 50.6. The van der Waals surface area contributed by atoms with Crippen LogP contribution in [0, 0.1) is 5.92 Å². The predicted molar refractivity (Wildman–Crippen MR) is 293 cm³/mol. The van der Waals surface area contributed by atoms with Crippen molar-refractivity contribution in [2.75, 3.05) is 0 Å². The SMILES string of the molecule is CCCCCCCCCCCCCCCCCCCCCCCCCCCCC(CC(=O)[O-])C(CCCCCCCCCCCCCCCCCCCCCCCCCCCC)(C(=O)[O-])S(=O)(=O)O.[Na+].[Na+]. The molecule has 412 valence electrons. The van der Waals surface area contributed by atoms with Crippen molar-refractivity contribution in [3.63, 3.8) is 0 Å². The summed E-state index contributed by atoms with van der Waals surface area (Å²) in [6.07, 6.45) is 64.8. The smallest absolute Gasteiger partial charge is 0.550 e. The molecule has 0 heterocycles. The van der Waals surface area contributed by atoms with E-state index in [9.17, 15) is 32.8 Å². The standard InChI is InChI=1S/C61H120O7S.2Na/c1-3-5-7-9-11-13-15-17-19-21-23-25-27-29-31-33-35-37-39-41-43-45-47-49-51-53-55-58(57-59(62)63)61(60(64)65,69(66,67)68)56-54-52-50-48-46-44-42-40-38-36-34-32-30-28-26-24-22-20-18-16-14-12-10-8-6-4-2;;/h58H,3-57H2,1-2H3,(H,62,63)(H,64,65)(H,66,67,68);;/q;2*+1/p-2. The minimum atomic E-state index is -5.13. The Bertz CT molecular complexity index is 1200. The summed E-state index contributed by atoms with van der Waals surface area (Å²) in [5.74, 6) is -4.70. The summed E-state index contributed by atoms with van der Waals surface area (Å²) in [7, 11) is -5.13. The fourth-order valence-electron chi connectivity index (χ4n) is 11.0. The summed E-state index contributed by atoms with van der Waals surface area (Å²) in [6, 6.07) is 0. The van der Waals surface area contributed by atoms with Gasteiger partial charge in [-0.1, -0.05) is 348 Å². The third kappa shape index (κ3) is 48.9. The van der Waals surface area contributed by atoms with Crippen LogP contribution in [-0.2, 0) is 19.7 Å². The van der Waals surface area contributed by atoms with E-state index >= 15 is 0 Å². The second-order valence-corrected chi connectivity index (χ2v) is 23.8. The average molecular weight is 1040 g/mol. The molecule has 7 nitrogen and oxygen atoms in total. The molecule has 0 aromatic rings. The fraction of sp³-hybridized carbons (Fsp3) is 0.967. The Kier molecular flexibility index (Phi) is 62.7. The largest absolute Gasteiger partial charge is 1.00 e. The molecule has 0 fully saturated rings. The minimum absolute atomic E-state index is 0. The number of carboxylic acid groups (broad SMARTS) is 2. The van der Waals surface area contributed by atoms with Crippen molar-refractivity contribution in [3.8, 4) is 0 Å². The van der Waals surface area contributed by atoms with Crippen LogP contribution in [0.15, 0.2) is 0 Å². The summed E-state index contributed by atoms with van der Waals surface area (Å²) in [5, 5.41) is 24.3. The van der Waals surface area contributed by atoms with Crippen LogP contribution in [0.2, 0.25) is 0 Å². The first-order chi connectivity index (χ1) is 33.6. The van der Waals surface area contributed by atoms with Crippen LogP contribution in [0.25, 0.3) is 0 Å². The van der Waals surface area contributed by atoms with E-state index in [0.717, 1.165) is 44.9 Å². The number of carbonyl (C=O) groups is 2. The first kappa shape index (κ1) is 76.1. The Labute approximate surface area is 487 Å². The second kappa shape index (κ2) is 58.5. The second-order valence-electron chi connectivity index (χ2n) is 22.1. The van der Waals surface area contributed by atoms with Gasteiger partial charge in [0.2, 0.25) is 0 Å². The van der Waals surface area contributed by atoms with E-state index in [1.165, 1.54) is 270 Å². The van der Waals surface area contributed by atoms with Crippen LogP contribution in [0.3, 0.4) is 0 Å². The summed E-state index contributed by atoms with van der Waals surface area (Å²) < 4.78 is 33.2. The van der Waals surface area contributed by atoms with E-state index in [1.54, 1.807) is 0 Å².